The van der Waals surface area contributed by atoms with Crippen LogP contribution >= 0.6 is 0 Å². The first-order valence-corrected chi connectivity index (χ1v) is 6.04. The SMILES string of the molecule is O=NN(CCOC(F)(F)F)C(=O)NC1CCCCC1. The van der Waals surface area contributed by atoms with Gasteiger partial charge in [0.05, 0.1) is 18.4 Å². The van der Waals surface area contributed by atoms with Crippen LogP contribution in [0, 0.1) is 4.91 Å². The number of ether oxygens (including phenoxy) is 1. The van der Waals surface area contributed by atoms with Gasteiger partial charge in [0.15, 0.2) is 0 Å². The summed E-state index contributed by atoms with van der Waals surface area (Å²) in [4.78, 5) is 22.0. The number of nitrogens with one attached hydrogen (secondary N) is 1. The van der Waals surface area contributed by atoms with Crippen LogP contribution in [0.1, 0.15) is 32.1 Å². The van der Waals surface area contributed by atoms with E-state index in [9.17, 15) is 22.9 Å². The number of alkyl halides is 3. The van der Waals surface area contributed by atoms with Gasteiger partial charge in [-0.15, -0.1) is 18.1 Å². The fraction of sp³-hybridized carbons (Fsp3) is 0.900. The number of nitroso groups, excluding NO2 is 1. The molecule has 0 unspecified atom stereocenters. The molecular weight excluding hydrogens is 267 g/mol. The van der Waals surface area contributed by atoms with E-state index in [1.165, 1.54) is 0 Å². The molecule has 1 aliphatic carbocycles. The Morgan fingerprint density at radius 1 is 1.32 bits per heavy atom. The van der Waals surface area contributed by atoms with Crippen molar-refractivity contribution < 1.29 is 22.7 Å². The summed E-state index contributed by atoms with van der Waals surface area (Å²) in [6.07, 6.45) is -0.113. The summed E-state index contributed by atoms with van der Waals surface area (Å²) in [6.45, 7) is -1.37. The van der Waals surface area contributed by atoms with Crippen LogP contribution in [-0.4, -0.2) is 36.6 Å². The van der Waals surface area contributed by atoms with E-state index >= 15 is 0 Å². The number of hydrogen-bond acceptors (Lipinski definition) is 4. The molecule has 1 N–H and O–H groups in total. The van der Waals surface area contributed by atoms with Crippen LogP contribution in [0.2, 0.25) is 0 Å². The molecule has 0 bridgehead atoms. The Balaban J connectivity index is 2.32. The summed E-state index contributed by atoms with van der Waals surface area (Å²) >= 11 is 0. The lowest BCUT2D eigenvalue weighted by Crippen LogP contribution is -2.44. The van der Waals surface area contributed by atoms with Crippen LogP contribution in [0.15, 0.2) is 5.29 Å². The van der Waals surface area contributed by atoms with Crippen LogP contribution in [0.3, 0.4) is 0 Å². The van der Waals surface area contributed by atoms with Gasteiger partial charge in [-0.3, -0.25) is 4.74 Å². The summed E-state index contributed by atoms with van der Waals surface area (Å²) in [5.74, 6) is 0. The fourth-order valence-corrected chi connectivity index (χ4v) is 1.92. The van der Waals surface area contributed by atoms with Gasteiger partial charge in [-0.2, -0.15) is 5.01 Å². The molecule has 19 heavy (non-hydrogen) atoms. The zero-order chi connectivity index (χ0) is 14.3. The second kappa shape index (κ2) is 7.27. The van der Waals surface area contributed by atoms with E-state index in [4.69, 9.17) is 0 Å². The number of nitrogens with zero attached hydrogens (tertiary/aromatic N) is 2. The maximum absolute atomic E-state index is 11.7. The molecule has 0 spiro atoms. The highest BCUT2D eigenvalue weighted by molar-refractivity contribution is 5.74. The van der Waals surface area contributed by atoms with Crippen molar-refractivity contribution in [2.24, 2.45) is 5.29 Å². The zero-order valence-corrected chi connectivity index (χ0v) is 10.3. The first-order valence-electron chi connectivity index (χ1n) is 6.04. The summed E-state index contributed by atoms with van der Waals surface area (Å²) in [5, 5.41) is 5.37. The normalized spacial score (nSPS) is 17.0. The minimum atomic E-state index is -4.78. The van der Waals surface area contributed by atoms with Crippen molar-refractivity contribution in [3.8, 4) is 0 Å². The molecule has 6 nitrogen and oxygen atoms in total. The molecule has 1 aliphatic rings. The standard InChI is InChI=1S/C10H16F3N3O3/c11-10(12,13)19-7-6-16(15-18)9(17)14-8-4-2-1-3-5-8/h8H,1-7H2,(H,14,17). The Labute approximate surface area is 108 Å². The lowest BCUT2D eigenvalue weighted by Gasteiger charge is -2.24. The van der Waals surface area contributed by atoms with E-state index in [2.05, 4.69) is 15.3 Å². The van der Waals surface area contributed by atoms with Gasteiger partial charge in [0.2, 0.25) is 0 Å². The van der Waals surface area contributed by atoms with Gasteiger partial charge in [-0.25, -0.2) is 4.79 Å². The third-order valence-electron chi connectivity index (χ3n) is 2.83. The molecule has 0 saturated heterocycles. The maximum Gasteiger partial charge on any atom is 0.522 e. The predicted octanol–water partition coefficient (Wildman–Crippen LogP) is 2.55. The van der Waals surface area contributed by atoms with Crippen molar-refractivity contribution in [2.75, 3.05) is 13.2 Å². The first kappa shape index (κ1) is 15.7. The third-order valence-corrected chi connectivity index (χ3v) is 2.83. The van der Waals surface area contributed by atoms with Crippen LogP contribution in [-0.2, 0) is 4.74 Å². The number of halogens is 3. The lowest BCUT2D eigenvalue weighted by atomic mass is 9.96. The van der Waals surface area contributed by atoms with Crippen LogP contribution in [0.25, 0.3) is 0 Å². The van der Waals surface area contributed by atoms with Crippen molar-refractivity contribution >= 4 is 6.03 Å². The van der Waals surface area contributed by atoms with Crippen molar-refractivity contribution in [3.63, 3.8) is 0 Å². The third kappa shape index (κ3) is 6.37. The van der Waals surface area contributed by atoms with Gasteiger partial charge in [0.1, 0.15) is 0 Å². The number of amides is 2. The number of hydrogen-bond donors (Lipinski definition) is 1. The Hall–Kier alpha value is -1.38. The summed E-state index contributed by atoms with van der Waals surface area (Å²) in [5.41, 5.74) is 0. The second-order valence-electron chi connectivity index (χ2n) is 4.28. The van der Waals surface area contributed by atoms with Crippen LogP contribution in [0.4, 0.5) is 18.0 Å². The average molecular weight is 283 g/mol. The van der Waals surface area contributed by atoms with Gasteiger partial charge >= 0.3 is 12.4 Å². The number of urea groups is 1. The van der Waals surface area contributed by atoms with E-state index < -0.39 is 25.5 Å². The topological polar surface area (TPSA) is 71.0 Å². The number of rotatable bonds is 5. The largest absolute Gasteiger partial charge is 0.522 e. The Morgan fingerprint density at radius 3 is 2.47 bits per heavy atom. The number of carbonyl (C=O) groups excluding carboxylic acids is 1. The van der Waals surface area contributed by atoms with Crippen molar-refractivity contribution in [2.45, 2.75) is 44.5 Å². The second-order valence-corrected chi connectivity index (χ2v) is 4.28. The Bertz CT molecular complexity index is 306. The fourth-order valence-electron chi connectivity index (χ4n) is 1.92. The molecule has 0 aliphatic heterocycles. The van der Waals surface area contributed by atoms with Gasteiger partial charge in [0.25, 0.3) is 0 Å². The molecule has 9 heteroatoms. The summed E-state index contributed by atoms with van der Waals surface area (Å²) in [6, 6.07) is -0.832. The molecule has 110 valence electrons. The molecule has 0 heterocycles. The molecule has 0 aromatic heterocycles. The van der Waals surface area contributed by atoms with Crippen molar-refractivity contribution in [3.05, 3.63) is 4.91 Å². The maximum atomic E-state index is 11.7. The van der Waals surface area contributed by atoms with E-state index in [-0.39, 0.29) is 6.04 Å². The Kier molecular flexibility index (Phi) is 6.00. The van der Waals surface area contributed by atoms with Gasteiger partial charge in [-0.05, 0) is 12.8 Å². The van der Waals surface area contributed by atoms with E-state index in [1.54, 1.807) is 0 Å². The molecule has 1 rings (SSSR count). The van der Waals surface area contributed by atoms with E-state index in [1.807, 2.05) is 0 Å². The highest BCUT2D eigenvalue weighted by Gasteiger charge is 2.29. The highest BCUT2D eigenvalue weighted by Crippen LogP contribution is 2.18. The van der Waals surface area contributed by atoms with E-state index in [0.29, 0.717) is 5.01 Å². The molecule has 0 aromatic carbocycles. The van der Waals surface area contributed by atoms with Crippen molar-refractivity contribution in [1.82, 2.24) is 10.3 Å². The first-order chi connectivity index (χ1) is 8.92. The smallest absolute Gasteiger partial charge is 0.334 e. The molecule has 1 fully saturated rings. The molecular formula is C10H16F3N3O3. The molecule has 1 saturated carbocycles. The van der Waals surface area contributed by atoms with Gasteiger partial charge < -0.3 is 5.32 Å². The molecule has 2 amide bonds. The zero-order valence-electron chi connectivity index (χ0n) is 10.3. The minimum absolute atomic E-state index is 0.0472. The summed E-state index contributed by atoms with van der Waals surface area (Å²) < 4.78 is 38.7. The monoisotopic (exact) mass is 283 g/mol. The number of carbonyl (C=O) groups is 1. The van der Waals surface area contributed by atoms with Crippen molar-refractivity contribution in [1.29, 1.82) is 0 Å². The predicted molar refractivity (Wildman–Crippen MR) is 59.9 cm³/mol. The lowest BCUT2D eigenvalue weighted by molar-refractivity contribution is -0.324. The highest BCUT2D eigenvalue weighted by atomic mass is 19.4. The molecule has 0 radical (unpaired) electrons. The van der Waals surface area contributed by atoms with Crippen LogP contribution in [0.5, 0.6) is 0 Å². The van der Waals surface area contributed by atoms with E-state index in [0.717, 1.165) is 32.1 Å². The molecule has 0 atom stereocenters. The summed E-state index contributed by atoms with van der Waals surface area (Å²) in [7, 11) is 0. The van der Waals surface area contributed by atoms with Gasteiger partial charge in [-0.1, -0.05) is 19.3 Å². The quantitative estimate of drug-likeness (QED) is 0.622. The minimum Gasteiger partial charge on any atom is -0.334 e. The average Bonchev–Trinajstić information content (AvgIpc) is 2.34. The van der Waals surface area contributed by atoms with Crippen LogP contribution < -0.4 is 5.32 Å². The van der Waals surface area contributed by atoms with Gasteiger partial charge in [0, 0.05) is 6.04 Å². The molecule has 0 aromatic rings. The Morgan fingerprint density at radius 2 is 1.95 bits per heavy atom.